The molecule has 2 aromatic rings. The van der Waals surface area contributed by atoms with E-state index < -0.39 is 0 Å². The summed E-state index contributed by atoms with van der Waals surface area (Å²) in [7, 11) is 0. The van der Waals surface area contributed by atoms with E-state index in [1.54, 1.807) is 12.4 Å². The van der Waals surface area contributed by atoms with Gasteiger partial charge in [-0.1, -0.05) is 20.8 Å². The minimum Gasteiger partial charge on any atom is -0.352 e. The third-order valence-corrected chi connectivity index (χ3v) is 2.46. The Morgan fingerprint density at radius 2 is 2.18 bits per heavy atom. The highest BCUT2D eigenvalue weighted by Gasteiger charge is 2.13. The van der Waals surface area contributed by atoms with Crippen LogP contribution in [0.2, 0.25) is 0 Å². The number of imidazole rings is 1. The molecular formula is C13H17N3O. The van der Waals surface area contributed by atoms with Crippen molar-refractivity contribution < 1.29 is 4.79 Å². The summed E-state index contributed by atoms with van der Waals surface area (Å²) < 4.78 is 0. The standard InChI is InChI=1S/C13H17N3O/c1-13(2,3)7-14-12(17)9-4-5-10-11(6-9)16-8-15-10/h4-6,8H,7H2,1-3H3,(H,14,17)(H,15,16). The molecule has 4 nitrogen and oxygen atoms in total. The fourth-order valence-corrected chi connectivity index (χ4v) is 1.52. The van der Waals surface area contributed by atoms with Crippen molar-refractivity contribution in [2.75, 3.05) is 6.54 Å². The van der Waals surface area contributed by atoms with Gasteiger partial charge >= 0.3 is 0 Å². The fraction of sp³-hybridized carbons (Fsp3) is 0.385. The van der Waals surface area contributed by atoms with Crippen LogP contribution in [0.1, 0.15) is 31.1 Å². The highest BCUT2D eigenvalue weighted by Crippen LogP contribution is 2.13. The number of carbonyl (C=O) groups excluding carboxylic acids is 1. The zero-order valence-corrected chi connectivity index (χ0v) is 10.4. The third-order valence-electron chi connectivity index (χ3n) is 2.46. The Bertz CT molecular complexity index is 537. The minimum absolute atomic E-state index is 0.0450. The van der Waals surface area contributed by atoms with Crippen molar-refractivity contribution in [2.45, 2.75) is 20.8 Å². The Morgan fingerprint density at radius 3 is 2.88 bits per heavy atom. The molecule has 0 spiro atoms. The number of carbonyl (C=O) groups is 1. The summed E-state index contributed by atoms with van der Waals surface area (Å²) in [4.78, 5) is 19.0. The van der Waals surface area contributed by atoms with E-state index in [1.807, 2.05) is 12.1 Å². The average Bonchev–Trinajstić information content (AvgIpc) is 2.71. The van der Waals surface area contributed by atoms with Crippen LogP contribution >= 0.6 is 0 Å². The molecule has 0 saturated heterocycles. The molecule has 0 bridgehead atoms. The van der Waals surface area contributed by atoms with Crippen LogP contribution < -0.4 is 5.32 Å². The first-order valence-electron chi connectivity index (χ1n) is 5.67. The maximum atomic E-state index is 11.9. The van der Waals surface area contributed by atoms with Gasteiger partial charge in [0.05, 0.1) is 17.4 Å². The Morgan fingerprint density at radius 1 is 1.41 bits per heavy atom. The second kappa shape index (κ2) is 4.20. The number of fused-ring (bicyclic) bond motifs is 1. The van der Waals surface area contributed by atoms with Crippen LogP contribution in [0.3, 0.4) is 0 Å². The predicted molar refractivity (Wildman–Crippen MR) is 67.9 cm³/mol. The van der Waals surface area contributed by atoms with E-state index in [-0.39, 0.29) is 11.3 Å². The molecule has 17 heavy (non-hydrogen) atoms. The van der Waals surface area contributed by atoms with Crippen molar-refractivity contribution in [1.29, 1.82) is 0 Å². The number of nitrogens with one attached hydrogen (secondary N) is 2. The molecule has 1 aromatic carbocycles. The van der Waals surface area contributed by atoms with Gasteiger partial charge in [-0.15, -0.1) is 0 Å². The summed E-state index contributed by atoms with van der Waals surface area (Å²) in [5.74, 6) is -0.0450. The van der Waals surface area contributed by atoms with E-state index in [4.69, 9.17) is 0 Å². The van der Waals surface area contributed by atoms with Gasteiger partial charge in [0.2, 0.25) is 0 Å². The topological polar surface area (TPSA) is 57.8 Å². The van der Waals surface area contributed by atoms with E-state index in [1.165, 1.54) is 0 Å². The number of hydrogen-bond acceptors (Lipinski definition) is 2. The van der Waals surface area contributed by atoms with Gasteiger partial charge in [-0.05, 0) is 23.6 Å². The first-order valence-corrected chi connectivity index (χ1v) is 5.67. The number of benzene rings is 1. The van der Waals surface area contributed by atoms with Crippen LogP contribution in [-0.4, -0.2) is 22.4 Å². The Labute approximate surface area is 100 Å². The molecule has 0 atom stereocenters. The van der Waals surface area contributed by atoms with Crippen LogP contribution in [0.25, 0.3) is 11.0 Å². The van der Waals surface area contributed by atoms with Gasteiger partial charge in [-0.25, -0.2) is 4.98 Å². The Balaban J connectivity index is 2.13. The molecule has 1 aromatic heterocycles. The van der Waals surface area contributed by atoms with Crippen LogP contribution in [0.15, 0.2) is 24.5 Å². The molecule has 1 heterocycles. The first-order chi connectivity index (χ1) is 7.96. The molecule has 0 aliphatic rings. The fourth-order valence-electron chi connectivity index (χ4n) is 1.52. The van der Waals surface area contributed by atoms with E-state index >= 15 is 0 Å². The molecule has 2 rings (SSSR count). The van der Waals surface area contributed by atoms with Crippen molar-refractivity contribution in [1.82, 2.24) is 15.3 Å². The highest BCUT2D eigenvalue weighted by atomic mass is 16.1. The van der Waals surface area contributed by atoms with Gasteiger partial charge < -0.3 is 10.3 Å². The second-order valence-corrected chi connectivity index (χ2v) is 5.38. The molecule has 1 amide bonds. The minimum atomic E-state index is -0.0450. The van der Waals surface area contributed by atoms with Gasteiger partial charge in [0.1, 0.15) is 0 Å². The molecule has 0 unspecified atom stereocenters. The molecule has 0 radical (unpaired) electrons. The molecule has 90 valence electrons. The van der Waals surface area contributed by atoms with E-state index in [0.717, 1.165) is 11.0 Å². The summed E-state index contributed by atoms with van der Waals surface area (Å²) >= 11 is 0. The van der Waals surface area contributed by atoms with Crippen molar-refractivity contribution in [3.05, 3.63) is 30.1 Å². The Hall–Kier alpha value is -1.84. The van der Waals surface area contributed by atoms with E-state index in [9.17, 15) is 4.79 Å². The van der Waals surface area contributed by atoms with Crippen molar-refractivity contribution in [2.24, 2.45) is 5.41 Å². The predicted octanol–water partition coefficient (Wildman–Crippen LogP) is 2.34. The van der Waals surface area contributed by atoms with E-state index in [0.29, 0.717) is 12.1 Å². The number of H-pyrrole nitrogens is 1. The lowest BCUT2D eigenvalue weighted by Gasteiger charge is -2.18. The molecular weight excluding hydrogens is 214 g/mol. The molecule has 0 aliphatic heterocycles. The van der Waals surface area contributed by atoms with Crippen LogP contribution in [0.4, 0.5) is 0 Å². The summed E-state index contributed by atoms with van der Waals surface area (Å²) in [5.41, 5.74) is 2.50. The maximum absolute atomic E-state index is 11.9. The largest absolute Gasteiger partial charge is 0.352 e. The first kappa shape index (κ1) is 11.6. The SMILES string of the molecule is CC(C)(C)CNC(=O)c1ccc2nc[nH]c2c1. The molecule has 0 saturated carbocycles. The number of amides is 1. The normalized spacial score (nSPS) is 11.7. The summed E-state index contributed by atoms with van der Waals surface area (Å²) in [5, 5.41) is 2.92. The molecule has 2 N–H and O–H groups in total. The van der Waals surface area contributed by atoms with Gasteiger partial charge in [0.25, 0.3) is 5.91 Å². The van der Waals surface area contributed by atoms with Gasteiger partial charge in [-0.3, -0.25) is 4.79 Å². The summed E-state index contributed by atoms with van der Waals surface area (Å²) in [6.45, 7) is 6.93. The van der Waals surface area contributed by atoms with Crippen LogP contribution in [0, 0.1) is 5.41 Å². The number of nitrogens with zero attached hydrogens (tertiary/aromatic N) is 1. The average molecular weight is 231 g/mol. The number of hydrogen-bond donors (Lipinski definition) is 2. The van der Waals surface area contributed by atoms with E-state index in [2.05, 4.69) is 36.1 Å². The van der Waals surface area contributed by atoms with Crippen molar-refractivity contribution in [3.8, 4) is 0 Å². The van der Waals surface area contributed by atoms with Crippen LogP contribution in [-0.2, 0) is 0 Å². The highest BCUT2D eigenvalue weighted by molar-refractivity contribution is 5.97. The van der Waals surface area contributed by atoms with Crippen molar-refractivity contribution >= 4 is 16.9 Å². The van der Waals surface area contributed by atoms with Gasteiger partial charge in [0, 0.05) is 12.1 Å². The molecule has 4 heteroatoms. The lowest BCUT2D eigenvalue weighted by Crippen LogP contribution is -2.32. The smallest absolute Gasteiger partial charge is 0.251 e. The molecule has 0 fully saturated rings. The summed E-state index contributed by atoms with van der Waals surface area (Å²) in [6.07, 6.45) is 1.63. The lowest BCUT2D eigenvalue weighted by atomic mass is 9.97. The quantitative estimate of drug-likeness (QED) is 0.833. The van der Waals surface area contributed by atoms with Crippen molar-refractivity contribution in [3.63, 3.8) is 0 Å². The second-order valence-electron chi connectivity index (χ2n) is 5.38. The zero-order valence-electron chi connectivity index (χ0n) is 10.4. The molecule has 0 aliphatic carbocycles. The number of aromatic amines is 1. The summed E-state index contributed by atoms with van der Waals surface area (Å²) in [6, 6.07) is 5.46. The number of rotatable bonds is 2. The maximum Gasteiger partial charge on any atom is 0.251 e. The zero-order chi connectivity index (χ0) is 12.5. The van der Waals surface area contributed by atoms with Gasteiger partial charge in [-0.2, -0.15) is 0 Å². The monoisotopic (exact) mass is 231 g/mol. The Kier molecular flexibility index (Phi) is 2.88. The third kappa shape index (κ3) is 2.84. The lowest BCUT2D eigenvalue weighted by molar-refractivity contribution is 0.0939. The van der Waals surface area contributed by atoms with Gasteiger partial charge in [0.15, 0.2) is 0 Å². The number of aromatic nitrogens is 2. The van der Waals surface area contributed by atoms with Crippen LogP contribution in [0.5, 0.6) is 0 Å².